The molecule has 0 aromatic rings. The van der Waals surface area contributed by atoms with Gasteiger partial charge in [0.05, 0.1) is 0 Å². The minimum absolute atomic E-state index is 0.0260. The first-order valence-corrected chi connectivity index (χ1v) is 5.30. The zero-order valence-electron chi connectivity index (χ0n) is 8.55. The van der Waals surface area contributed by atoms with Crippen LogP contribution in [-0.2, 0) is 4.79 Å². The fraction of sp³-hybridized carbons (Fsp3) is 0.800. The van der Waals surface area contributed by atoms with Gasteiger partial charge in [0.25, 0.3) is 5.91 Å². The van der Waals surface area contributed by atoms with E-state index in [0.29, 0.717) is 5.92 Å². The van der Waals surface area contributed by atoms with Gasteiger partial charge in [-0.3, -0.25) is 10.1 Å². The van der Waals surface area contributed by atoms with Crippen LogP contribution in [0.1, 0.15) is 39.0 Å². The van der Waals surface area contributed by atoms with Crippen molar-refractivity contribution in [3.8, 4) is 0 Å². The Balaban J connectivity index is 2.17. The summed E-state index contributed by atoms with van der Waals surface area (Å²) >= 11 is 0. The molecule has 1 aliphatic carbocycles. The van der Waals surface area contributed by atoms with Gasteiger partial charge in [0.1, 0.15) is 5.54 Å². The minimum atomic E-state index is -0.593. The summed E-state index contributed by atoms with van der Waals surface area (Å²) < 4.78 is 0. The molecule has 2 aliphatic rings. The van der Waals surface area contributed by atoms with Crippen molar-refractivity contribution in [3.63, 3.8) is 0 Å². The van der Waals surface area contributed by atoms with E-state index in [1.807, 2.05) is 6.92 Å². The Kier molecular flexibility index (Phi) is 2.21. The van der Waals surface area contributed by atoms with Crippen LogP contribution in [0, 0.1) is 5.92 Å². The summed E-state index contributed by atoms with van der Waals surface area (Å²) in [7, 11) is 0. The quantitative estimate of drug-likeness (QED) is 0.649. The van der Waals surface area contributed by atoms with E-state index in [1.54, 1.807) is 0 Å². The number of guanidine groups is 1. The summed E-state index contributed by atoms with van der Waals surface area (Å²) in [5, 5.41) is 2.59. The third-order valence-electron chi connectivity index (χ3n) is 3.45. The maximum Gasteiger partial charge on any atom is 0.254 e. The van der Waals surface area contributed by atoms with Crippen molar-refractivity contribution in [2.24, 2.45) is 16.6 Å². The average Bonchev–Trinajstić information content (AvgIpc) is 2.43. The highest BCUT2D eigenvalue weighted by Crippen LogP contribution is 2.36. The van der Waals surface area contributed by atoms with Crippen molar-refractivity contribution in [3.05, 3.63) is 0 Å². The maximum absolute atomic E-state index is 11.7. The van der Waals surface area contributed by atoms with Crippen LogP contribution in [0.25, 0.3) is 0 Å². The van der Waals surface area contributed by atoms with Gasteiger partial charge in [0.15, 0.2) is 5.96 Å². The molecule has 1 fully saturated rings. The molecule has 1 atom stereocenters. The van der Waals surface area contributed by atoms with Crippen molar-refractivity contribution in [2.75, 3.05) is 0 Å². The maximum atomic E-state index is 11.7. The molecule has 14 heavy (non-hydrogen) atoms. The Morgan fingerprint density at radius 3 is 2.57 bits per heavy atom. The highest BCUT2D eigenvalue weighted by molar-refractivity contribution is 6.06. The number of carbonyl (C=O) groups excluding carboxylic acids is 1. The SMILES string of the molecule is CC1(C2CCCCC2)N=C(N)NC1=O. The molecule has 1 unspecified atom stereocenters. The third kappa shape index (κ3) is 1.38. The zero-order valence-corrected chi connectivity index (χ0v) is 8.55. The predicted octanol–water partition coefficient (Wildman–Crippen LogP) is 0.770. The number of nitrogens with one attached hydrogen (secondary N) is 1. The van der Waals surface area contributed by atoms with E-state index >= 15 is 0 Å². The molecule has 0 spiro atoms. The molecule has 0 aromatic heterocycles. The summed E-state index contributed by atoms with van der Waals surface area (Å²) in [6, 6.07) is 0. The molecule has 1 saturated carbocycles. The van der Waals surface area contributed by atoms with Crippen LogP contribution in [0.4, 0.5) is 0 Å². The third-order valence-corrected chi connectivity index (χ3v) is 3.45. The Labute approximate surface area is 84.0 Å². The van der Waals surface area contributed by atoms with Crippen LogP contribution >= 0.6 is 0 Å². The molecule has 4 heteroatoms. The summed E-state index contributed by atoms with van der Waals surface area (Å²) in [6.45, 7) is 1.90. The van der Waals surface area contributed by atoms with Gasteiger partial charge in [0.2, 0.25) is 0 Å². The molecule has 0 aromatic carbocycles. The van der Waals surface area contributed by atoms with Crippen LogP contribution in [0.2, 0.25) is 0 Å². The second kappa shape index (κ2) is 3.26. The van der Waals surface area contributed by atoms with Crippen LogP contribution in [-0.4, -0.2) is 17.4 Å². The summed E-state index contributed by atoms with van der Waals surface area (Å²) in [5.41, 5.74) is 4.93. The summed E-state index contributed by atoms with van der Waals surface area (Å²) in [6.07, 6.45) is 5.90. The second-order valence-corrected chi connectivity index (χ2v) is 4.43. The van der Waals surface area contributed by atoms with E-state index in [4.69, 9.17) is 5.73 Å². The van der Waals surface area contributed by atoms with E-state index < -0.39 is 5.54 Å². The van der Waals surface area contributed by atoms with Crippen molar-refractivity contribution < 1.29 is 4.79 Å². The first-order chi connectivity index (χ1) is 6.63. The molecular formula is C10H17N3O. The lowest BCUT2D eigenvalue weighted by Crippen LogP contribution is -2.44. The van der Waals surface area contributed by atoms with Gasteiger partial charge in [0, 0.05) is 0 Å². The van der Waals surface area contributed by atoms with Crippen molar-refractivity contribution in [2.45, 2.75) is 44.6 Å². The number of nitrogens with two attached hydrogens (primary N) is 1. The van der Waals surface area contributed by atoms with Crippen molar-refractivity contribution >= 4 is 11.9 Å². The highest BCUT2D eigenvalue weighted by atomic mass is 16.2. The van der Waals surface area contributed by atoms with Crippen LogP contribution < -0.4 is 11.1 Å². The number of nitrogens with zero attached hydrogens (tertiary/aromatic N) is 1. The van der Waals surface area contributed by atoms with E-state index in [2.05, 4.69) is 10.3 Å². The smallest absolute Gasteiger partial charge is 0.254 e. The summed E-state index contributed by atoms with van der Waals surface area (Å²) in [4.78, 5) is 16.0. The van der Waals surface area contributed by atoms with Crippen LogP contribution in [0.15, 0.2) is 4.99 Å². The first kappa shape index (κ1) is 9.49. The number of hydrogen-bond acceptors (Lipinski definition) is 3. The molecule has 1 amide bonds. The lowest BCUT2D eigenvalue weighted by atomic mass is 9.76. The average molecular weight is 195 g/mol. The standard InChI is InChI=1S/C10H17N3O/c1-10(7-5-3-2-4-6-7)8(14)12-9(11)13-10/h7H,2-6H2,1H3,(H3,11,12,13,14). The fourth-order valence-corrected chi connectivity index (χ4v) is 2.51. The molecule has 4 nitrogen and oxygen atoms in total. The molecule has 1 heterocycles. The van der Waals surface area contributed by atoms with Crippen molar-refractivity contribution in [1.29, 1.82) is 0 Å². The molecular weight excluding hydrogens is 178 g/mol. The van der Waals surface area contributed by atoms with Gasteiger partial charge in [-0.2, -0.15) is 0 Å². The number of aliphatic imine (C=N–C) groups is 1. The van der Waals surface area contributed by atoms with E-state index in [1.165, 1.54) is 19.3 Å². The number of carbonyl (C=O) groups is 1. The Morgan fingerprint density at radius 1 is 1.43 bits per heavy atom. The normalized spacial score (nSPS) is 34.1. The first-order valence-electron chi connectivity index (χ1n) is 5.30. The van der Waals surface area contributed by atoms with Gasteiger partial charge in [-0.05, 0) is 25.7 Å². The number of rotatable bonds is 1. The van der Waals surface area contributed by atoms with Gasteiger partial charge >= 0.3 is 0 Å². The lowest BCUT2D eigenvalue weighted by molar-refractivity contribution is -0.125. The van der Waals surface area contributed by atoms with Crippen LogP contribution in [0.3, 0.4) is 0 Å². The van der Waals surface area contributed by atoms with Crippen LogP contribution in [0.5, 0.6) is 0 Å². The van der Waals surface area contributed by atoms with Crippen molar-refractivity contribution in [1.82, 2.24) is 5.32 Å². The molecule has 78 valence electrons. The van der Waals surface area contributed by atoms with Gasteiger partial charge < -0.3 is 5.73 Å². The summed E-state index contributed by atoms with van der Waals surface area (Å²) in [5.74, 6) is 0.627. The van der Waals surface area contributed by atoms with E-state index in [-0.39, 0.29) is 11.9 Å². The lowest BCUT2D eigenvalue weighted by Gasteiger charge is -2.31. The zero-order chi connectivity index (χ0) is 10.2. The largest absolute Gasteiger partial charge is 0.370 e. The highest BCUT2D eigenvalue weighted by Gasteiger charge is 2.45. The van der Waals surface area contributed by atoms with Gasteiger partial charge in [-0.1, -0.05) is 19.3 Å². The van der Waals surface area contributed by atoms with Gasteiger partial charge in [-0.25, -0.2) is 4.99 Å². The minimum Gasteiger partial charge on any atom is -0.370 e. The Hall–Kier alpha value is -1.06. The monoisotopic (exact) mass is 195 g/mol. The molecule has 0 radical (unpaired) electrons. The van der Waals surface area contributed by atoms with Gasteiger partial charge in [-0.15, -0.1) is 0 Å². The Bertz CT molecular complexity index is 281. The second-order valence-electron chi connectivity index (χ2n) is 4.43. The molecule has 0 saturated heterocycles. The molecule has 1 aliphatic heterocycles. The predicted molar refractivity (Wildman–Crippen MR) is 54.7 cm³/mol. The Morgan fingerprint density at radius 2 is 2.07 bits per heavy atom. The topological polar surface area (TPSA) is 67.5 Å². The van der Waals surface area contributed by atoms with E-state index in [9.17, 15) is 4.79 Å². The molecule has 0 bridgehead atoms. The van der Waals surface area contributed by atoms with E-state index in [0.717, 1.165) is 12.8 Å². The number of amides is 1. The molecule has 3 N–H and O–H groups in total. The molecule has 2 rings (SSSR count). The number of hydrogen-bond donors (Lipinski definition) is 2. The fourth-order valence-electron chi connectivity index (χ4n) is 2.51.